The molecule has 2 aliphatic rings. The third-order valence-electron chi connectivity index (χ3n) is 9.60. The number of hydrogen-bond acceptors (Lipinski definition) is 5. The van der Waals surface area contributed by atoms with Gasteiger partial charge in [-0.05, 0) is 49.4 Å². The van der Waals surface area contributed by atoms with Crippen LogP contribution < -0.4 is 16.0 Å². The van der Waals surface area contributed by atoms with E-state index in [0.717, 1.165) is 48.8 Å². The molecule has 5 rings (SSSR count). The highest BCUT2D eigenvalue weighted by Crippen LogP contribution is 2.29. The summed E-state index contributed by atoms with van der Waals surface area (Å²) in [4.78, 5) is 57.5. The summed E-state index contributed by atoms with van der Waals surface area (Å²) in [6, 6.07) is 27.9. The molecular formula is C39H47N5O4. The number of hydrogen-bond donors (Lipinski definition) is 3. The van der Waals surface area contributed by atoms with Crippen LogP contribution in [0, 0.1) is 5.92 Å². The van der Waals surface area contributed by atoms with Crippen molar-refractivity contribution in [3.8, 4) is 0 Å². The second-order valence-electron chi connectivity index (χ2n) is 12.8. The van der Waals surface area contributed by atoms with Crippen molar-refractivity contribution in [2.45, 2.75) is 69.5 Å². The molecule has 3 atom stereocenters. The summed E-state index contributed by atoms with van der Waals surface area (Å²) in [7, 11) is 1.70. The van der Waals surface area contributed by atoms with Crippen LogP contribution in [0.5, 0.6) is 0 Å². The summed E-state index contributed by atoms with van der Waals surface area (Å²) in [5.74, 6) is -1.29. The molecule has 0 bridgehead atoms. The zero-order valence-corrected chi connectivity index (χ0v) is 27.9. The van der Waals surface area contributed by atoms with Gasteiger partial charge in [0.25, 0.3) is 0 Å². The molecule has 1 fully saturated rings. The Morgan fingerprint density at radius 3 is 1.96 bits per heavy atom. The average Bonchev–Trinajstić information content (AvgIpc) is 3.14. The first-order valence-corrected chi connectivity index (χ1v) is 17.0. The molecule has 1 saturated carbocycles. The van der Waals surface area contributed by atoms with Crippen LogP contribution in [0.15, 0.2) is 103 Å². The maximum absolute atomic E-state index is 14.2. The van der Waals surface area contributed by atoms with E-state index in [0.29, 0.717) is 13.0 Å². The Kier molecular flexibility index (Phi) is 12.2. The Morgan fingerprint density at radius 1 is 0.792 bits per heavy atom. The SMILES string of the molecule is CN[C@@H](C)C(=O)N[C@H](C(=O)NCC(=O)N1C=CN(CC(c2ccccc2)c2ccccc2)C(=O)[C@@H]1Cc1ccccc1)C1CCCCC1. The van der Waals surface area contributed by atoms with Gasteiger partial charge >= 0.3 is 0 Å². The molecule has 0 radical (unpaired) electrons. The Hall–Kier alpha value is -4.76. The van der Waals surface area contributed by atoms with Gasteiger partial charge in [-0.3, -0.25) is 19.2 Å². The molecule has 0 spiro atoms. The van der Waals surface area contributed by atoms with E-state index in [1.807, 2.05) is 66.7 Å². The lowest BCUT2D eigenvalue weighted by atomic mass is 9.83. The topological polar surface area (TPSA) is 111 Å². The van der Waals surface area contributed by atoms with Gasteiger partial charge < -0.3 is 25.8 Å². The van der Waals surface area contributed by atoms with Crippen LogP contribution in [0.4, 0.5) is 0 Å². The van der Waals surface area contributed by atoms with Crippen LogP contribution in [0.1, 0.15) is 61.6 Å². The van der Waals surface area contributed by atoms with Crippen LogP contribution in [0.25, 0.3) is 0 Å². The summed E-state index contributed by atoms with van der Waals surface area (Å²) in [5.41, 5.74) is 3.11. The summed E-state index contributed by atoms with van der Waals surface area (Å²) in [5, 5.41) is 8.65. The minimum atomic E-state index is -0.792. The van der Waals surface area contributed by atoms with E-state index in [-0.39, 0.29) is 36.1 Å². The number of carbonyl (C=O) groups is 4. The van der Waals surface area contributed by atoms with Gasteiger partial charge in [-0.15, -0.1) is 0 Å². The van der Waals surface area contributed by atoms with Crippen LogP contribution in [0.3, 0.4) is 0 Å². The van der Waals surface area contributed by atoms with Crippen molar-refractivity contribution >= 4 is 23.6 Å². The largest absolute Gasteiger partial charge is 0.345 e. The van der Waals surface area contributed by atoms with Crippen LogP contribution in [-0.2, 0) is 25.6 Å². The van der Waals surface area contributed by atoms with Gasteiger partial charge in [-0.2, -0.15) is 0 Å². The number of benzene rings is 3. The normalized spacial score (nSPS) is 18.0. The fourth-order valence-corrected chi connectivity index (χ4v) is 6.68. The molecule has 0 unspecified atom stereocenters. The zero-order valence-electron chi connectivity index (χ0n) is 27.9. The van der Waals surface area contributed by atoms with Crippen molar-refractivity contribution in [2.75, 3.05) is 20.1 Å². The molecule has 1 aliphatic heterocycles. The predicted octanol–water partition coefficient (Wildman–Crippen LogP) is 4.36. The summed E-state index contributed by atoms with van der Waals surface area (Å²) >= 11 is 0. The molecule has 3 aromatic rings. The van der Waals surface area contributed by atoms with Crippen molar-refractivity contribution in [2.24, 2.45) is 5.92 Å². The number of carbonyl (C=O) groups excluding carboxylic acids is 4. The Bertz CT molecular complexity index is 1500. The van der Waals surface area contributed by atoms with E-state index < -0.39 is 24.0 Å². The number of nitrogens with one attached hydrogen (secondary N) is 3. The molecule has 3 aromatic carbocycles. The summed E-state index contributed by atoms with van der Waals surface area (Å²) < 4.78 is 0. The van der Waals surface area contributed by atoms with E-state index >= 15 is 0 Å². The lowest BCUT2D eigenvalue weighted by Gasteiger charge is -2.37. The molecule has 4 amide bonds. The second-order valence-corrected chi connectivity index (χ2v) is 12.8. The van der Waals surface area contributed by atoms with Crippen molar-refractivity contribution in [1.29, 1.82) is 0 Å². The Balaban J connectivity index is 1.35. The molecule has 9 nitrogen and oxygen atoms in total. The maximum atomic E-state index is 14.2. The number of rotatable bonds is 13. The van der Waals surface area contributed by atoms with Gasteiger partial charge in [0.15, 0.2) is 0 Å². The molecular weight excluding hydrogens is 602 g/mol. The summed E-state index contributed by atoms with van der Waals surface area (Å²) in [6.45, 7) is 1.85. The minimum absolute atomic E-state index is 0.000110. The minimum Gasteiger partial charge on any atom is -0.345 e. The van der Waals surface area contributed by atoms with E-state index in [1.54, 1.807) is 31.3 Å². The first kappa shape index (κ1) is 34.6. The van der Waals surface area contributed by atoms with Crippen molar-refractivity contribution in [3.63, 3.8) is 0 Å². The fourth-order valence-electron chi connectivity index (χ4n) is 6.68. The predicted molar refractivity (Wildman–Crippen MR) is 186 cm³/mol. The maximum Gasteiger partial charge on any atom is 0.250 e. The quantitative estimate of drug-likeness (QED) is 0.255. The molecule has 9 heteroatoms. The summed E-state index contributed by atoms with van der Waals surface area (Å²) in [6.07, 6.45) is 8.44. The van der Waals surface area contributed by atoms with Gasteiger partial charge in [0.2, 0.25) is 23.6 Å². The Labute approximate surface area is 283 Å². The van der Waals surface area contributed by atoms with E-state index in [4.69, 9.17) is 0 Å². The first-order chi connectivity index (χ1) is 23.4. The number of nitrogens with zero attached hydrogens (tertiary/aromatic N) is 2. The highest BCUT2D eigenvalue weighted by molar-refractivity contribution is 5.94. The van der Waals surface area contributed by atoms with Gasteiger partial charge in [0, 0.05) is 31.3 Å². The molecule has 3 N–H and O–H groups in total. The van der Waals surface area contributed by atoms with E-state index in [9.17, 15) is 19.2 Å². The van der Waals surface area contributed by atoms with Crippen molar-refractivity contribution in [1.82, 2.24) is 25.8 Å². The molecule has 252 valence electrons. The average molecular weight is 650 g/mol. The lowest BCUT2D eigenvalue weighted by Crippen LogP contribution is -2.57. The van der Waals surface area contributed by atoms with Crippen LogP contribution in [-0.4, -0.2) is 71.7 Å². The fraction of sp³-hybridized carbons (Fsp3) is 0.385. The standard InChI is InChI=1S/C39H47N5O4/c1-28(40-2)37(46)42-36(32-21-13-6-14-22-32)38(47)41-26-35(45)44-24-23-43(39(48)34(44)25-29-15-7-3-8-16-29)27-33(30-17-9-4-10-18-30)31-19-11-5-12-20-31/h3-5,7-12,15-20,23-24,28,32-34,36,40H,6,13-14,21-22,25-27H2,1-2H3,(H,41,47)(H,42,46)/t28-,34-,36-/m0/s1. The smallest absolute Gasteiger partial charge is 0.250 e. The number of likely N-dealkylation sites (N-methyl/N-ethyl adjacent to an activating group) is 1. The second kappa shape index (κ2) is 16.9. The van der Waals surface area contributed by atoms with Crippen molar-refractivity contribution in [3.05, 3.63) is 120 Å². The third kappa shape index (κ3) is 8.77. The molecule has 1 aliphatic carbocycles. The first-order valence-electron chi connectivity index (χ1n) is 17.0. The van der Waals surface area contributed by atoms with Crippen LogP contribution in [0.2, 0.25) is 0 Å². The lowest BCUT2D eigenvalue weighted by molar-refractivity contribution is -0.143. The van der Waals surface area contributed by atoms with Gasteiger partial charge in [-0.25, -0.2) is 0 Å². The Morgan fingerprint density at radius 2 is 1.38 bits per heavy atom. The molecule has 0 aromatic heterocycles. The van der Waals surface area contributed by atoms with Gasteiger partial charge in [0.05, 0.1) is 12.6 Å². The van der Waals surface area contributed by atoms with E-state index in [1.165, 1.54) is 4.90 Å². The zero-order chi connectivity index (χ0) is 33.9. The number of amides is 4. The van der Waals surface area contributed by atoms with E-state index in [2.05, 4.69) is 40.2 Å². The van der Waals surface area contributed by atoms with Crippen LogP contribution >= 0.6 is 0 Å². The third-order valence-corrected chi connectivity index (χ3v) is 9.60. The van der Waals surface area contributed by atoms with Gasteiger partial charge in [-0.1, -0.05) is 110 Å². The van der Waals surface area contributed by atoms with Crippen molar-refractivity contribution < 1.29 is 19.2 Å². The highest BCUT2D eigenvalue weighted by atomic mass is 16.2. The molecule has 1 heterocycles. The highest BCUT2D eigenvalue weighted by Gasteiger charge is 2.37. The van der Waals surface area contributed by atoms with Gasteiger partial charge in [0.1, 0.15) is 12.1 Å². The monoisotopic (exact) mass is 649 g/mol. The molecule has 0 saturated heterocycles. The molecule has 48 heavy (non-hydrogen) atoms.